The Morgan fingerprint density at radius 1 is 1.07 bits per heavy atom. The SMILES string of the molecule is Cn1cnc2c1c(=O)n(CC(=O)OCC(=O)NC(=O)Cc1ccccc1)c(=O)n2C. The maximum atomic E-state index is 12.5. The number of hydrogen-bond acceptors (Lipinski definition) is 7. The summed E-state index contributed by atoms with van der Waals surface area (Å²) in [5.41, 5.74) is -0.388. The molecule has 0 spiro atoms. The summed E-state index contributed by atoms with van der Waals surface area (Å²) in [5.74, 6) is -2.33. The molecule has 0 aliphatic carbocycles. The highest BCUT2D eigenvalue weighted by Gasteiger charge is 2.18. The summed E-state index contributed by atoms with van der Waals surface area (Å²) in [6.45, 7) is -1.40. The number of aromatic nitrogens is 4. The van der Waals surface area contributed by atoms with Crippen molar-refractivity contribution in [2.75, 3.05) is 6.61 Å². The molecule has 0 aliphatic rings. The van der Waals surface area contributed by atoms with E-state index in [-0.39, 0.29) is 17.6 Å². The van der Waals surface area contributed by atoms with Gasteiger partial charge in [0, 0.05) is 14.1 Å². The van der Waals surface area contributed by atoms with E-state index in [1.165, 1.54) is 17.9 Å². The quantitative estimate of drug-likeness (QED) is 0.505. The van der Waals surface area contributed by atoms with Crippen LogP contribution in [0.3, 0.4) is 0 Å². The van der Waals surface area contributed by atoms with Gasteiger partial charge in [-0.15, -0.1) is 0 Å². The molecule has 0 unspecified atom stereocenters. The van der Waals surface area contributed by atoms with Crippen LogP contribution in [0.1, 0.15) is 5.56 Å². The molecule has 0 saturated heterocycles. The second kappa shape index (κ2) is 8.55. The van der Waals surface area contributed by atoms with Crippen LogP contribution in [0, 0.1) is 0 Å². The lowest BCUT2D eigenvalue weighted by Crippen LogP contribution is -2.42. The molecule has 30 heavy (non-hydrogen) atoms. The second-order valence-electron chi connectivity index (χ2n) is 6.55. The first-order valence-electron chi connectivity index (χ1n) is 8.91. The number of fused-ring (bicyclic) bond motifs is 1. The highest BCUT2D eigenvalue weighted by atomic mass is 16.5. The normalized spacial score (nSPS) is 10.7. The van der Waals surface area contributed by atoms with Crippen molar-refractivity contribution in [1.82, 2.24) is 24.0 Å². The van der Waals surface area contributed by atoms with Crippen LogP contribution in [0.25, 0.3) is 11.2 Å². The molecule has 0 bridgehead atoms. The Morgan fingerprint density at radius 3 is 2.47 bits per heavy atom. The van der Waals surface area contributed by atoms with Gasteiger partial charge in [-0.25, -0.2) is 14.3 Å². The molecule has 2 amide bonds. The highest BCUT2D eigenvalue weighted by Crippen LogP contribution is 2.03. The van der Waals surface area contributed by atoms with Gasteiger partial charge in [-0.2, -0.15) is 0 Å². The van der Waals surface area contributed by atoms with Gasteiger partial charge in [0.05, 0.1) is 12.7 Å². The van der Waals surface area contributed by atoms with Gasteiger partial charge in [-0.05, 0) is 5.56 Å². The third kappa shape index (κ3) is 4.35. The predicted molar refractivity (Wildman–Crippen MR) is 104 cm³/mol. The third-order valence-electron chi connectivity index (χ3n) is 4.34. The number of rotatable bonds is 6. The van der Waals surface area contributed by atoms with E-state index in [2.05, 4.69) is 10.3 Å². The number of esters is 1. The van der Waals surface area contributed by atoms with Crippen LogP contribution in [0.2, 0.25) is 0 Å². The largest absolute Gasteiger partial charge is 0.454 e. The first-order valence-corrected chi connectivity index (χ1v) is 8.91. The average Bonchev–Trinajstić information content (AvgIpc) is 3.10. The van der Waals surface area contributed by atoms with E-state index in [4.69, 9.17) is 4.74 Å². The first kappa shape index (κ1) is 20.7. The highest BCUT2D eigenvalue weighted by molar-refractivity contribution is 5.97. The zero-order valence-corrected chi connectivity index (χ0v) is 16.3. The molecule has 3 rings (SSSR count). The Labute approximate surface area is 169 Å². The molecule has 3 aromatic rings. The molecule has 11 nitrogen and oxygen atoms in total. The number of imidazole rings is 1. The van der Waals surface area contributed by atoms with E-state index in [0.717, 1.165) is 10.1 Å². The number of amides is 2. The summed E-state index contributed by atoms with van der Waals surface area (Å²) < 4.78 is 8.07. The Hall–Kier alpha value is -4.02. The van der Waals surface area contributed by atoms with E-state index in [1.54, 1.807) is 37.4 Å². The molecule has 156 valence electrons. The Balaban J connectivity index is 1.60. The zero-order chi connectivity index (χ0) is 21.8. The summed E-state index contributed by atoms with van der Waals surface area (Å²) in [6, 6.07) is 8.81. The number of carbonyl (C=O) groups is 3. The van der Waals surface area contributed by atoms with Crippen LogP contribution < -0.4 is 16.6 Å². The Kier molecular flexibility index (Phi) is 5.90. The van der Waals surface area contributed by atoms with Crippen molar-refractivity contribution in [3.63, 3.8) is 0 Å². The Morgan fingerprint density at radius 2 is 1.77 bits per heavy atom. The van der Waals surface area contributed by atoms with E-state index < -0.39 is 42.2 Å². The van der Waals surface area contributed by atoms with Gasteiger partial charge in [0.2, 0.25) is 5.91 Å². The number of benzene rings is 1. The molecule has 11 heteroatoms. The predicted octanol–water partition coefficient (Wildman–Crippen LogP) is -1.14. The maximum Gasteiger partial charge on any atom is 0.333 e. The van der Waals surface area contributed by atoms with Gasteiger partial charge in [-0.1, -0.05) is 30.3 Å². The monoisotopic (exact) mass is 413 g/mol. The van der Waals surface area contributed by atoms with Crippen molar-refractivity contribution in [3.05, 3.63) is 63.1 Å². The van der Waals surface area contributed by atoms with Crippen LogP contribution in [-0.2, 0) is 46.2 Å². The van der Waals surface area contributed by atoms with Crippen LogP contribution in [0.5, 0.6) is 0 Å². The van der Waals surface area contributed by atoms with Crippen molar-refractivity contribution < 1.29 is 19.1 Å². The van der Waals surface area contributed by atoms with Crippen LogP contribution >= 0.6 is 0 Å². The molecule has 0 saturated carbocycles. The minimum atomic E-state index is -0.971. The number of carbonyl (C=O) groups excluding carboxylic acids is 3. The van der Waals surface area contributed by atoms with Crippen LogP contribution in [0.4, 0.5) is 0 Å². The smallest absolute Gasteiger partial charge is 0.333 e. The third-order valence-corrected chi connectivity index (χ3v) is 4.34. The summed E-state index contributed by atoms with van der Waals surface area (Å²) in [6.07, 6.45) is 1.38. The fourth-order valence-electron chi connectivity index (χ4n) is 2.87. The number of nitrogens with one attached hydrogen (secondary N) is 1. The van der Waals surface area contributed by atoms with Crippen LogP contribution in [-0.4, -0.2) is 43.1 Å². The molecule has 2 heterocycles. The van der Waals surface area contributed by atoms with Gasteiger partial charge in [0.1, 0.15) is 6.54 Å². The number of aryl methyl sites for hydroxylation is 2. The van der Waals surface area contributed by atoms with Crippen molar-refractivity contribution >= 4 is 28.9 Å². The molecule has 1 aromatic carbocycles. The summed E-state index contributed by atoms with van der Waals surface area (Å²) in [5, 5.41) is 2.11. The minimum absolute atomic E-state index is 0.00330. The fraction of sp³-hybridized carbons (Fsp3) is 0.263. The summed E-state index contributed by atoms with van der Waals surface area (Å²) >= 11 is 0. The van der Waals surface area contributed by atoms with E-state index in [1.807, 2.05) is 0 Å². The molecule has 2 aromatic heterocycles. The molecule has 0 atom stereocenters. The zero-order valence-electron chi connectivity index (χ0n) is 16.3. The molecular formula is C19H19N5O6. The van der Waals surface area contributed by atoms with Crippen molar-refractivity contribution in [1.29, 1.82) is 0 Å². The van der Waals surface area contributed by atoms with Gasteiger partial charge >= 0.3 is 11.7 Å². The second-order valence-corrected chi connectivity index (χ2v) is 6.55. The lowest BCUT2D eigenvalue weighted by molar-refractivity contribution is -0.150. The lowest BCUT2D eigenvalue weighted by atomic mass is 10.1. The summed E-state index contributed by atoms with van der Waals surface area (Å²) in [4.78, 5) is 64.6. The number of imide groups is 1. The van der Waals surface area contributed by atoms with E-state index in [0.29, 0.717) is 4.57 Å². The number of ether oxygens (including phenoxy) is 1. The van der Waals surface area contributed by atoms with E-state index in [9.17, 15) is 24.0 Å². The van der Waals surface area contributed by atoms with Gasteiger partial charge in [-0.3, -0.25) is 29.1 Å². The number of hydrogen-bond donors (Lipinski definition) is 1. The molecule has 1 N–H and O–H groups in total. The maximum absolute atomic E-state index is 12.5. The van der Waals surface area contributed by atoms with E-state index >= 15 is 0 Å². The minimum Gasteiger partial charge on any atom is -0.454 e. The van der Waals surface area contributed by atoms with Crippen molar-refractivity contribution in [3.8, 4) is 0 Å². The van der Waals surface area contributed by atoms with Crippen LogP contribution in [0.15, 0.2) is 46.2 Å². The molecular weight excluding hydrogens is 394 g/mol. The van der Waals surface area contributed by atoms with Gasteiger partial charge in [0.15, 0.2) is 17.8 Å². The Bertz CT molecular complexity index is 1240. The van der Waals surface area contributed by atoms with Gasteiger partial charge < -0.3 is 9.30 Å². The molecule has 0 aliphatic heterocycles. The van der Waals surface area contributed by atoms with Crippen molar-refractivity contribution in [2.45, 2.75) is 13.0 Å². The topological polar surface area (TPSA) is 134 Å². The number of nitrogens with zero attached hydrogens (tertiary/aromatic N) is 4. The first-order chi connectivity index (χ1) is 14.3. The molecule has 0 fully saturated rings. The fourth-order valence-corrected chi connectivity index (χ4v) is 2.87. The standard InChI is InChI=1S/C19H19N5O6/c1-22-11-20-17-16(22)18(28)24(19(29)23(17)2)9-15(27)30-10-14(26)21-13(25)8-12-6-4-3-5-7-12/h3-7,11H,8-10H2,1-2H3,(H,21,25,26). The lowest BCUT2D eigenvalue weighted by Gasteiger charge is -2.09. The molecule has 0 radical (unpaired) electrons. The average molecular weight is 413 g/mol. The van der Waals surface area contributed by atoms with Gasteiger partial charge in [0.25, 0.3) is 11.5 Å². The van der Waals surface area contributed by atoms with Crippen molar-refractivity contribution in [2.24, 2.45) is 14.1 Å². The summed E-state index contributed by atoms with van der Waals surface area (Å²) in [7, 11) is 3.01.